The van der Waals surface area contributed by atoms with E-state index in [4.69, 9.17) is 4.42 Å². The molecule has 10 aromatic rings. The van der Waals surface area contributed by atoms with Crippen LogP contribution in [0.25, 0.3) is 44.2 Å². The molecule has 0 amide bonds. The van der Waals surface area contributed by atoms with Gasteiger partial charge in [-0.3, -0.25) is 0 Å². The number of fused-ring (bicyclic) bond motifs is 13. The molecule has 0 saturated carbocycles. The van der Waals surface area contributed by atoms with Gasteiger partial charge in [-0.1, -0.05) is 190 Å². The van der Waals surface area contributed by atoms with Crippen LogP contribution >= 0.6 is 0 Å². The summed E-state index contributed by atoms with van der Waals surface area (Å²) in [6, 6.07) is 74.5. The van der Waals surface area contributed by atoms with E-state index in [1.807, 2.05) is 0 Å². The van der Waals surface area contributed by atoms with Crippen LogP contribution in [0.3, 0.4) is 0 Å². The maximum Gasteiger partial charge on any atom is 0.159 e. The molecule has 0 saturated heterocycles. The van der Waals surface area contributed by atoms with E-state index in [1.165, 1.54) is 61.2 Å². The van der Waals surface area contributed by atoms with Gasteiger partial charge in [-0.25, -0.2) is 0 Å². The zero-order valence-corrected chi connectivity index (χ0v) is 41.9. The third-order valence-electron chi connectivity index (χ3n) is 15.1. The Morgan fingerprint density at radius 3 is 1.27 bits per heavy atom. The van der Waals surface area contributed by atoms with Crippen molar-refractivity contribution in [2.45, 2.75) is 84.0 Å². The van der Waals surface area contributed by atoms with E-state index < -0.39 is 5.41 Å². The number of nitrogens with zero attached hydrogens (tertiary/aromatic N) is 2. The second-order valence-corrected chi connectivity index (χ2v) is 22.6. The Morgan fingerprint density at radius 2 is 0.757 bits per heavy atom. The Bertz CT molecular complexity index is 3550. The Hall–Kier alpha value is -7.62. The zero-order chi connectivity index (χ0) is 48.3. The molecule has 0 radical (unpaired) electrons. The smallest absolute Gasteiger partial charge is 0.159 e. The number of hydrogen-bond donors (Lipinski definition) is 0. The molecule has 1 aromatic heterocycles. The third-order valence-corrected chi connectivity index (χ3v) is 15.1. The Balaban J connectivity index is 1.12. The predicted molar refractivity (Wildman–Crippen MR) is 295 cm³/mol. The molecule has 0 atom stereocenters. The Labute approximate surface area is 413 Å². The minimum absolute atomic E-state index is 0.0319. The summed E-state index contributed by atoms with van der Waals surface area (Å²) in [6.07, 6.45) is 0. The molecule has 344 valence electrons. The lowest BCUT2D eigenvalue weighted by Crippen LogP contribution is -2.28. The molecular weight excluding hydrogens is 849 g/mol. The highest BCUT2D eigenvalue weighted by molar-refractivity contribution is 6.10. The Kier molecular flexibility index (Phi) is 9.79. The predicted octanol–water partition coefficient (Wildman–Crippen LogP) is 18.8. The first kappa shape index (κ1) is 43.6. The first-order valence-electron chi connectivity index (χ1n) is 24.9. The van der Waals surface area contributed by atoms with Gasteiger partial charge in [0.05, 0.1) is 11.1 Å². The van der Waals surface area contributed by atoms with Crippen molar-refractivity contribution < 1.29 is 4.42 Å². The highest BCUT2D eigenvalue weighted by atomic mass is 16.3. The highest BCUT2D eigenvalue weighted by Gasteiger charge is 2.53. The van der Waals surface area contributed by atoms with E-state index >= 15 is 0 Å². The Morgan fingerprint density at radius 1 is 0.329 bits per heavy atom. The van der Waals surface area contributed by atoms with E-state index in [2.05, 4.69) is 272 Å². The van der Waals surface area contributed by atoms with Crippen LogP contribution in [0.5, 0.6) is 0 Å². The van der Waals surface area contributed by atoms with Gasteiger partial charge in [-0.2, -0.15) is 0 Å². The molecule has 0 N–H and O–H groups in total. The van der Waals surface area contributed by atoms with Gasteiger partial charge in [0, 0.05) is 39.2 Å². The summed E-state index contributed by atoms with van der Waals surface area (Å²) in [4.78, 5) is 4.73. The van der Waals surface area contributed by atoms with Gasteiger partial charge in [0.15, 0.2) is 5.58 Å². The molecule has 70 heavy (non-hydrogen) atoms. The first-order valence-corrected chi connectivity index (χ1v) is 24.9. The van der Waals surface area contributed by atoms with Gasteiger partial charge >= 0.3 is 0 Å². The fourth-order valence-corrected chi connectivity index (χ4v) is 11.4. The number of benzene rings is 9. The monoisotopic (exact) mass is 908 g/mol. The van der Waals surface area contributed by atoms with E-state index in [0.29, 0.717) is 0 Å². The van der Waals surface area contributed by atoms with Crippen LogP contribution in [-0.4, -0.2) is 0 Å². The number of hydrogen-bond acceptors (Lipinski definition) is 3. The largest absolute Gasteiger partial charge is 0.454 e. The van der Waals surface area contributed by atoms with Crippen molar-refractivity contribution in [3.05, 3.63) is 239 Å². The number of furan rings is 1. The lowest BCUT2D eigenvalue weighted by Gasteiger charge is -2.34. The average Bonchev–Trinajstić information content (AvgIpc) is 3.98. The average molecular weight is 909 g/mol. The quantitative estimate of drug-likeness (QED) is 0.166. The molecule has 0 bridgehead atoms. The molecule has 2 aliphatic carbocycles. The molecule has 0 unspecified atom stereocenters. The van der Waals surface area contributed by atoms with E-state index in [1.54, 1.807) is 0 Å². The molecule has 9 aromatic carbocycles. The van der Waals surface area contributed by atoms with Crippen molar-refractivity contribution in [1.82, 2.24) is 0 Å². The summed E-state index contributed by atoms with van der Waals surface area (Å²) in [6.45, 7) is 21.1. The van der Waals surface area contributed by atoms with Gasteiger partial charge in [0.2, 0.25) is 0 Å². The van der Waals surface area contributed by atoms with Crippen LogP contribution in [0.1, 0.15) is 101 Å². The molecule has 3 heteroatoms. The van der Waals surface area contributed by atoms with Crippen LogP contribution in [-0.2, 0) is 21.7 Å². The highest BCUT2D eigenvalue weighted by Crippen LogP contribution is 2.64. The lowest BCUT2D eigenvalue weighted by molar-refractivity contribution is 0.584. The van der Waals surface area contributed by atoms with Gasteiger partial charge in [0.25, 0.3) is 0 Å². The summed E-state index contributed by atoms with van der Waals surface area (Å²) in [7, 11) is 0. The fraction of sp³-hybridized carbons (Fsp3) is 0.194. The molecule has 1 heterocycles. The molecule has 0 fully saturated rings. The third kappa shape index (κ3) is 6.77. The molecule has 1 spiro atoms. The van der Waals surface area contributed by atoms with Gasteiger partial charge in [-0.15, -0.1) is 0 Å². The summed E-state index contributed by atoms with van der Waals surface area (Å²) < 4.78 is 6.86. The van der Waals surface area contributed by atoms with Crippen molar-refractivity contribution in [3.8, 4) is 22.3 Å². The van der Waals surface area contributed by atoms with E-state index in [9.17, 15) is 0 Å². The van der Waals surface area contributed by atoms with Crippen LogP contribution in [0, 0.1) is 0 Å². The first-order chi connectivity index (χ1) is 33.6. The molecule has 3 nitrogen and oxygen atoms in total. The van der Waals surface area contributed by atoms with Crippen LogP contribution < -0.4 is 9.80 Å². The van der Waals surface area contributed by atoms with Crippen molar-refractivity contribution in [2.75, 3.05) is 9.80 Å². The minimum Gasteiger partial charge on any atom is -0.454 e. The zero-order valence-electron chi connectivity index (χ0n) is 41.9. The van der Waals surface area contributed by atoms with Crippen molar-refractivity contribution >= 4 is 56.1 Å². The van der Waals surface area contributed by atoms with Crippen molar-refractivity contribution in [2.24, 2.45) is 0 Å². The summed E-state index contributed by atoms with van der Waals surface area (Å²) in [5.74, 6) is 0. The van der Waals surface area contributed by atoms with E-state index in [-0.39, 0.29) is 16.2 Å². The van der Waals surface area contributed by atoms with Crippen LogP contribution in [0.15, 0.2) is 205 Å². The maximum atomic E-state index is 6.86. The standard InChI is InChI=1S/C67H60N2O/c1-64(2,3)43-27-35-51-52-36-28-44(65(4,5)6)40-59(52)67(58(51)39-43)57-38-34-50(42-56(57)53-37-29-45(41-60(53)67)66(7,8)9)69(61-25-18-24-55-54-23-16-17-26-62(54)70-63(55)61)49-32-30-48(31-33-49)68(46-19-12-10-13-20-46)47-21-14-11-15-22-47/h10-42H,1-9H3. The number of para-hydroxylation sites is 4. The van der Waals surface area contributed by atoms with E-state index in [0.717, 1.165) is 56.1 Å². The molecule has 12 rings (SSSR count). The van der Waals surface area contributed by atoms with Crippen molar-refractivity contribution in [3.63, 3.8) is 0 Å². The molecular formula is C67H60N2O. The SMILES string of the molecule is CC(C)(C)c1ccc2c(c1)C1(c3ccc(N(c4ccc(N(c5ccccc5)c5ccccc5)cc4)c4cccc5c4oc4ccccc45)cc3-2)c2cc(C(C)(C)C)ccc2-c2ccc(C(C)(C)C)cc21. The summed E-state index contributed by atoms with van der Waals surface area (Å²) in [5, 5.41) is 2.20. The summed E-state index contributed by atoms with van der Waals surface area (Å²) in [5.41, 5.74) is 22.1. The maximum absolute atomic E-state index is 6.86. The van der Waals surface area contributed by atoms with Crippen molar-refractivity contribution in [1.29, 1.82) is 0 Å². The summed E-state index contributed by atoms with van der Waals surface area (Å²) >= 11 is 0. The van der Waals surface area contributed by atoms with Crippen LogP contribution in [0.4, 0.5) is 34.1 Å². The normalized spacial score (nSPS) is 13.6. The number of rotatable bonds is 6. The van der Waals surface area contributed by atoms with Gasteiger partial charge in [-0.05, 0) is 150 Å². The van der Waals surface area contributed by atoms with Gasteiger partial charge < -0.3 is 14.2 Å². The number of anilines is 6. The second kappa shape index (κ2) is 15.7. The molecule has 2 aliphatic rings. The molecule has 0 aliphatic heterocycles. The fourth-order valence-electron chi connectivity index (χ4n) is 11.4. The lowest BCUT2D eigenvalue weighted by atomic mass is 9.68. The second-order valence-electron chi connectivity index (χ2n) is 22.6. The van der Waals surface area contributed by atoms with Crippen LogP contribution in [0.2, 0.25) is 0 Å². The topological polar surface area (TPSA) is 19.6 Å². The van der Waals surface area contributed by atoms with Gasteiger partial charge in [0.1, 0.15) is 5.58 Å². The minimum atomic E-state index is -0.527.